The van der Waals surface area contributed by atoms with Crippen molar-refractivity contribution < 1.29 is 9.53 Å². The topological polar surface area (TPSA) is 50.7 Å². The summed E-state index contributed by atoms with van der Waals surface area (Å²) in [6, 6.07) is 8.70. The molecule has 0 aliphatic rings. The zero-order chi connectivity index (χ0) is 17.7. The highest BCUT2D eigenvalue weighted by atomic mass is 35.5. The molecule has 2 aromatic carbocycles. The summed E-state index contributed by atoms with van der Waals surface area (Å²) in [5, 5.41) is 5.32. The van der Waals surface area contributed by atoms with Gasteiger partial charge in [0.15, 0.2) is 6.61 Å². The van der Waals surface area contributed by atoms with Gasteiger partial charge in [0.25, 0.3) is 5.91 Å². The minimum Gasteiger partial charge on any atom is -0.484 e. The second kappa shape index (κ2) is 8.38. The lowest BCUT2D eigenvalue weighted by molar-refractivity contribution is -0.123. The number of hydrazone groups is 1. The molecule has 1 N–H and O–H groups in total. The van der Waals surface area contributed by atoms with Crippen LogP contribution in [0.25, 0.3) is 0 Å². The van der Waals surface area contributed by atoms with Crippen LogP contribution >= 0.6 is 34.8 Å². The second-order valence-corrected chi connectivity index (χ2v) is 6.26. The molecule has 0 unspecified atom stereocenters. The van der Waals surface area contributed by atoms with E-state index < -0.39 is 5.91 Å². The third-order valence-electron chi connectivity index (χ3n) is 3.15. The highest BCUT2D eigenvalue weighted by molar-refractivity contribution is 6.43. The number of benzene rings is 2. The number of amides is 1. The van der Waals surface area contributed by atoms with Crippen molar-refractivity contribution in [3.63, 3.8) is 0 Å². The number of carbonyl (C=O) groups is 1. The Morgan fingerprint density at radius 1 is 1.17 bits per heavy atom. The molecule has 0 aromatic heterocycles. The van der Waals surface area contributed by atoms with Crippen LogP contribution in [0.2, 0.25) is 15.1 Å². The molecule has 0 heterocycles. The van der Waals surface area contributed by atoms with Gasteiger partial charge in [-0.1, -0.05) is 46.9 Å². The van der Waals surface area contributed by atoms with Gasteiger partial charge in [-0.2, -0.15) is 5.10 Å². The molecule has 0 radical (unpaired) electrons. The van der Waals surface area contributed by atoms with E-state index in [2.05, 4.69) is 10.5 Å². The lowest BCUT2D eigenvalue weighted by Gasteiger charge is -2.09. The summed E-state index contributed by atoms with van der Waals surface area (Å²) >= 11 is 18.0. The molecule has 126 valence electrons. The number of rotatable bonds is 5. The standard InChI is InChI=1S/C17H15Cl3N2O2/c1-10-6-13(7-11(2)16(10)19)24-9-15(23)22-21-8-12-4-3-5-14(18)17(12)20/h3-8H,9H2,1-2H3,(H,22,23)/b21-8-. The SMILES string of the molecule is Cc1cc(OCC(=O)N/N=C\c2cccc(Cl)c2Cl)cc(C)c1Cl. The second-order valence-electron chi connectivity index (χ2n) is 5.10. The first-order chi connectivity index (χ1) is 11.4. The molecule has 0 spiro atoms. The van der Waals surface area contributed by atoms with Crippen LogP contribution in [0.4, 0.5) is 0 Å². The summed E-state index contributed by atoms with van der Waals surface area (Å²) in [5.74, 6) is 0.182. The fourth-order valence-electron chi connectivity index (χ4n) is 1.96. The van der Waals surface area contributed by atoms with Crippen molar-refractivity contribution in [1.82, 2.24) is 5.43 Å². The molecule has 24 heavy (non-hydrogen) atoms. The van der Waals surface area contributed by atoms with Gasteiger partial charge in [0.05, 0.1) is 16.3 Å². The van der Waals surface area contributed by atoms with Crippen molar-refractivity contribution in [2.45, 2.75) is 13.8 Å². The lowest BCUT2D eigenvalue weighted by atomic mass is 10.1. The maximum atomic E-state index is 11.8. The highest BCUT2D eigenvalue weighted by Gasteiger charge is 2.06. The van der Waals surface area contributed by atoms with Crippen LogP contribution in [0.1, 0.15) is 16.7 Å². The van der Waals surface area contributed by atoms with Gasteiger partial charge in [-0.05, 0) is 43.2 Å². The Labute approximate surface area is 155 Å². The molecule has 0 aliphatic heterocycles. The van der Waals surface area contributed by atoms with E-state index in [-0.39, 0.29) is 6.61 Å². The van der Waals surface area contributed by atoms with E-state index in [0.29, 0.717) is 26.4 Å². The number of carbonyl (C=O) groups excluding carboxylic acids is 1. The molecule has 2 rings (SSSR count). The Bertz CT molecular complexity index is 768. The maximum absolute atomic E-state index is 11.8. The Morgan fingerprint density at radius 2 is 1.83 bits per heavy atom. The van der Waals surface area contributed by atoms with E-state index in [1.165, 1.54) is 6.21 Å². The van der Waals surface area contributed by atoms with Crippen molar-refractivity contribution in [1.29, 1.82) is 0 Å². The number of hydrogen-bond donors (Lipinski definition) is 1. The molecule has 0 atom stereocenters. The summed E-state index contributed by atoms with van der Waals surface area (Å²) in [6.07, 6.45) is 1.42. The largest absolute Gasteiger partial charge is 0.484 e. The van der Waals surface area contributed by atoms with E-state index >= 15 is 0 Å². The average Bonchev–Trinajstić information content (AvgIpc) is 2.54. The van der Waals surface area contributed by atoms with Gasteiger partial charge in [0.2, 0.25) is 0 Å². The summed E-state index contributed by atoms with van der Waals surface area (Å²) in [4.78, 5) is 11.8. The summed E-state index contributed by atoms with van der Waals surface area (Å²) in [5.41, 5.74) is 4.75. The fourth-order valence-corrected chi connectivity index (χ4v) is 2.43. The van der Waals surface area contributed by atoms with Crippen molar-refractivity contribution in [2.24, 2.45) is 5.10 Å². The highest BCUT2D eigenvalue weighted by Crippen LogP contribution is 2.26. The lowest BCUT2D eigenvalue weighted by Crippen LogP contribution is -2.24. The van der Waals surface area contributed by atoms with Gasteiger partial charge in [-0.3, -0.25) is 4.79 Å². The van der Waals surface area contributed by atoms with Crippen LogP contribution in [-0.4, -0.2) is 18.7 Å². The number of nitrogens with one attached hydrogen (secondary N) is 1. The number of hydrogen-bond acceptors (Lipinski definition) is 3. The van der Waals surface area contributed by atoms with Crippen molar-refractivity contribution in [3.05, 3.63) is 62.1 Å². The molecule has 0 saturated carbocycles. The molecule has 7 heteroatoms. The smallest absolute Gasteiger partial charge is 0.277 e. The first-order valence-electron chi connectivity index (χ1n) is 7.04. The normalized spacial score (nSPS) is 10.9. The Morgan fingerprint density at radius 3 is 2.50 bits per heavy atom. The third kappa shape index (κ3) is 4.87. The monoisotopic (exact) mass is 384 g/mol. The van der Waals surface area contributed by atoms with Gasteiger partial charge in [-0.25, -0.2) is 5.43 Å². The van der Waals surface area contributed by atoms with Crippen LogP contribution in [0.5, 0.6) is 5.75 Å². The number of nitrogens with zero attached hydrogens (tertiary/aromatic N) is 1. The van der Waals surface area contributed by atoms with Gasteiger partial charge < -0.3 is 4.74 Å². The average molecular weight is 386 g/mol. The first kappa shape index (κ1) is 18.6. The van der Waals surface area contributed by atoms with Gasteiger partial charge in [-0.15, -0.1) is 0 Å². The van der Waals surface area contributed by atoms with Crippen molar-refractivity contribution in [3.8, 4) is 5.75 Å². The summed E-state index contributed by atoms with van der Waals surface area (Å²) < 4.78 is 5.44. The molecule has 0 fully saturated rings. The van der Waals surface area contributed by atoms with Gasteiger partial charge in [0, 0.05) is 10.6 Å². The van der Waals surface area contributed by atoms with Crippen LogP contribution in [-0.2, 0) is 4.79 Å². The molecular weight excluding hydrogens is 371 g/mol. The third-order valence-corrected chi connectivity index (χ3v) is 4.58. The molecule has 2 aromatic rings. The molecule has 0 aliphatic carbocycles. The van der Waals surface area contributed by atoms with Gasteiger partial charge >= 0.3 is 0 Å². The van der Waals surface area contributed by atoms with Crippen LogP contribution in [0, 0.1) is 13.8 Å². The zero-order valence-corrected chi connectivity index (χ0v) is 15.3. The van der Waals surface area contributed by atoms with Crippen LogP contribution in [0.3, 0.4) is 0 Å². The first-order valence-corrected chi connectivity index (χ1v) is 8.17. The van der Waals surface area contributed by atoms with Crippen molar-refractivity contribution in [2.75, 3.05) is 6.61 Å². The van der Waals surface area contributed by atoms with Crippen LogP contribution in [0.15, 0.2) is 35.4 Å². The summed E-state index contributed by atoms with van der Waals surface area (Å²) in [7, 11) is 0. The van der Waals surface area contributed by atoms with E-state index in [0.717, 1.165) is 11.1 Å². The number of halogens is 3. The molecular formula is C17H15Cl3N2O2. The van der Waals surface area contributed by atoms with Crippen LogP contribution < -0.4 is 10.2 Å². The zero-order valence-electron chi connectivity index (χ0n) is 13.1. The molecule has 4 nitrogen and oxygen atoms in total. The maximum Gasteiger partial charge on any atom is 0.277 e. The minimum atomic E-state index is -0.394. The quantitative estimate of drug-likeness (QED) is 0.594. The number of aryl methyl sites for hydroxylation is 2. The Balaban J connectivity index is 1.90. The predicted molar refractivity (Wildman–Crippen MR) is 98.6 cm³/mol. The Kier molecular flexibility index (Phi) is 6.49. The molecule has 0 saturated heterocycles. The van der Waals surface area contributed by atoms with E-state index in [9.17, 15) is 4.79 Å². The number of ether oxygens (including phenoxy) is 1. The predicted octanol–water partition coefficient (Wildman–Crippen LogP) is 4.79. The minimum absolute atomic E-state index is 0.166. The fraction of sp³-hybridized carbons (Fsp3) is 0.176. The van der Waals surface area contributed by atoms with E-state index in [1.807, 2.05) is 13.8 Å². The van der Waals surface area contributed by atoms with E-state index in [1.54, 1.807) is 30.3 Å². The van der Waals surface area contributed by atoms with Crippen molar-refractivity contribution >= 4 is 46.9 Å². The summed E-state index contributed by atoms with van der Waals surface area (Å²) in [6.45, 7) is 3.59. The Hall–Kier alpha value is -1.75. The van der Waals surface area contributed by atoms with Gasteiger partial charge in [0.1, 0.15) is 5.75 Å². The van der Waals surface area contributed by atoms with E-state index in [4.69, 9.17) is 39.5 Å². The molecule has 0 bridgehead atoms. The molecule has 1 amide bonds.